The Hall–Kier alpha value is -2.50. The van der Waals surface area contributed by atoms with Gasteiger partial charge in [-0.25, -0.2) is 8.42 Å². The van der Waals surface area contributed by atoms with Crippen molar-refractivity contribution >= 4 is 10.0 Å². The maximum absolute atomic E-state index is 13.3. The van der Waals surface area contributed by atoms with Crippen LogP contribution in [0, 0.1) is 0 Å². The van der Waals surface area contributed by atoms with Gasteiger partial charge in [0.25, 0.3) is 0 Å². The van der Waals surface area contributed by atoms with Crippen molar-refractivity contribution in [2.45, 2.75) is 18.2 Å². The molecular weight excluding hydrogens is 344 g/mol. The maximum atomic E-state index is 13.3. The maximum Gasteiger partial charge on any atom is 0.219 e. The van der Waals surface area contributed by atoms with Gasteiger partial charge in [-0.2, -0.15) is 4.31 Å². The highest BCUT2D eigenvalue weighted by Crippen LogP contribution is 2.37. The number of fused-ring (bicyclic) bond motifs is 1. The Balaban J connectivity index is 1.77. The third-order valence-corrected chi connectivity index (χ3v) is 6.62. The van der Waals surface area contributed by atoms with E-state index in [0.717, 1.165) is 23.1 Å². The zero-order valence-electron chi connectivity index (χ0n) is 14.3. The highest BCUT2D eigenvalue weighted by atomic mass is 32.2. The van der Waals surface area contributed by atoms with Crippen molar-refractivity contribution in [2.75, 3.05) is 6.54 Å². The lowest BCUT2D eigenvalue weighted by molar-refractivity contribution is 0.343. The van der Waals surface area contributed by atoms with Crippen molar-refractivity contribution in [2.24, 2.45) is 0 Å². The molecular formula is C21H20N2O2S. The number of pyridine rings is 1. The molecule has 1 aromatic heterocycles. The second-order valence-electron chi connectivity index (χ2n) is 6.48. The fourth-order valence-corrected chi connectivity index (χ4v) is 5.31. The molecule has 0 saturated carbocycles. The van der Waals surface area contributed by atoms with Gasteiger partial charge in [-0.1, -0.05) is 54.6 Å². The molecule has 4 rings (SSSR count). The number of nitrogens with zero attached hydrogens (tertiary/aromatic N) is 2. The van der Waals surface area contributed by atoms with Crippen LogP contribution in [0.4, 0.5) is 0 Å². The Kier molecular flexibility index (Phi) is 4.57. The van der Waals surface area contributed by atoms with Crippen LogP contribution in [-0.4, -0.2) is 24.3 Å². The normalized spacial score (nSPS) is 17.6. The molecule has 1 aliphatic rings. The number of benzene rings is 2. The van der Waals surface area contributed by atoms with Crippen LogP contribution in [0.2, 0.25) is 0 Å². The summed E-state index contributed by atoms with van der Waals surface area (Å²) in [5, 5.41) is 0. The summed E-state index contributed by atoms with van der Waals surface area (Å²) in [5.41, 5.74) is 4.02. The molecule has 5 heteroatoms. The van der Waals surface area contributed by atoms with E-state index >= 15 is 0 Å². The van der Waals surface area contributed by atoms with E-state index in [2.05, 4.69) is 11.1 Å². The fraction of sp³-hybridized carbons (Fsp3) is 0.190. The first-order chi connectivity index (χ1) is 12.6. The van der Waals surface area contributed by atoms with Crippen molar-refractivity contribution in [3.05, 3.63) is 101 Å². The molecule has 0 fully saturated rings. The average Bonchev–Trinajstić information content (AvgIpc) is 2.68. The van der Waals surface area contributed by atoms with Crippen molar-refractivity contribution in [1.29, 1.82) is 0 Å². The van der Waals surface area contributed by atoms with Gasteiger partial charge in [-0.05, 0) is 40.8 Å². The van der Waals surface area contributed by atoms with Gasteiger partial charge in [-0.15, -0.1) is 0 Å². The van der Waals surface area contributed by atoms with E-state index in [4.69, 9.17) is 0 Å². The number of hydrogen-bond donors (Lipinski definition) is 0. The van der Waals surface area contributed by atoms with E-state index in [9.17, 15) is 8.42 Å². The van der Waals surface area contributed by atoms with Crippen LogP contribution in [0.5, 0.6) is 0 Å². The van der Waals surface area contributed by atoms with Crippen molar-refractivity contribution < 1.29 is 8.42 Å². The summed E-state index contributed by atoms with van der Waals surface area (Å²) in [6.45, 7) is 0.485. The monoisotopic (exact) mass is 364 g/mol. The van der Waals surface area contributed by atoms with Gasteiger partial charge < -0.3 is 0 Å². The van der Waals surface area contributed by atoms with Gasteiger partial charge in [0.15, 0.2) is 0 Å². The fourth-order valence-electron chi connectivity index (χ4n) is 3.60. The van der Waals surface area contributed by atoms with Crippen molar-refractivity contribution in [3.63, 3.8) is 0 Å². The summed E-state index contributed by atoms with van der Waals surface area (Å²) in [7, 11) is -3.46. The minimum Gasteiger partial charge on any atom is -0.265 e. The van der Waals surface area contributed by atoms with Gasteiger partial charge in [0.05, 0.1) is 11.8 Å². The number of hydrogen-bond acceptors (Lipinski definition) is 3. The predicted molar refractivity (Wildman–Crippen MR) is 102 cm³/mol. The molecule has 2 heterocycles. The van der Waals surface area contributed by atoms with E-state index in [1.54, 1.807) is 16.7 Å². The number of rotatable bonds is 4. The first-order valence-corrected chi connectivity index (χ1v) is 10.3. The highest BCUT2D eigenvalue weighted by molar-refractivity contribution is 7.88. The Morgan fingerprint density at radius 3 is 2.38 bits per heavy atom. The molecule has 1 atom stereocenters. The van der Waals surface area contributed by atoms with Gasteiger partial charge in [0, 0.05) is 18.9 Å². The summed E-state index contributed by atoms with van der Waals surface area (Å²) >= 11 is 0. The third-order valence-electron chi connectivity index (χ3n) is 4.81. The molecule has 0 amide bonds. The third kappa shape index (κ3) is 3.28. The minimum atomic E-state index is -3.46. The zero-order valence-corrected chi connectivity index (χ0v) is 15.1. The van der Waals surface area contributed by atoms with E-state index in [1.165, 1.54) is 5.56 Å². The summed E-state index contributed by atoms with van der Waals surface area (Å²) in [6.07, 6.45) is 4.16. The molecule has 2 aromatic carbocycles. The average molecular weight is 364 g/mol. The molecule has 0 aliphatic carbocycles. The molecule has 1 aliphatic heterocycles. The van der Waals surface area contributed by atoms with Gasteiger partial charge in [0.1, 0.15) is 0 Å². The van der Waals surface area contributed by atoms with Crippen molar-refractivity contribution in [3.8, 4) is 0 Å². The van der Waals surface area contributed by atoms with Crippen LogP contribution in [0.15, 0.2) is 79.1 Å². The lowest BCUT2D eigenvalue weighted by Crippen LogP contribution is -2.41. The molecule has 132 valence electrons. The van der Waals surface area contributed by atoms with Crippen LogP contribution in [0.3, 0.4) is 0 Å². The molecule has 0 N–H and O–H groups in total. The SMILES string of the molecule is O=S(=O)(Cc1ccccc1)N1CCc2ccccc2C1c1ccncc1. The van der Waals surface area contributed by atoms with Crippen LogP contribution in [0.25, 0.3) is 0 Å². The highest BCUT2D eigenvalue weighted by Gasteiger charge is 2.36. The zero-order chi connectivity index (χ0) is 18.0. The number of sulfonamides is 1. The van der Waals surface area contributed by atoms with Crippen molar-refractivity contribution in [1.82, 2.24) is 9.29 Å². The Bertz CT molecular complexity index is 989. The Morgan fingerprint density at radius 1 is 0.923 bits per heavy atom. The molecule has 0 radical (unpaired) electrons. The Morgan fingerprint density at radius 2 is 1.62 bits per heavy atom. The molecule has 0 spiro atoms. The molecule has 1 unspecified atom stereocenters. The van der Waals surface area contributed by atoms with Crippen LogP contribution < -0.4 is 0 Å². The van der Waals surface area contributed by atoms with Crippen LogP contribution in [0.1, 0.15) is 28.3 Å². The Labute approximate surface area is 154 Å². The minimum absolute atomic E-state index is 0.0115. The van der Waals surface area contributed by atoms with E-state index in [1.807, 2.05) is 60.7 Å². The summed E-state index contributed by atoms with van der Waals surface area (Å²) in [6, 6.07) is 21.0. The predicted octanol–water partition coefficient (Wildman–Crippen LogP) is 3.56. The van der Waals surface area contributed by atoms with E-state index < -0.39 is 10.0 Å². The second-order valence-corrected chi connectivity index (χ2v) is 8.41. The molecule has 0 bridgehead atoms. The summed E-state index contributed by atoms with van der Waals surface area (Å²) in [5.74, 6) is 0.0115. The first-order valence-electron chi connectivity index (χ1n) is 8.66. The van der Waals surface area contributed by atoms with Crippen LogP contribution >= 0.6 is 0 Å². The van der Waals surface area contributed by atoms with E-state index in [0.29, 0.717) is 6.54 Å². The largest absolute Gasteiger partial charge is 0.265 e. The lowest BCUT2D eigenvalue weighted by atomic mass is 9.90. The smallest absolute Gasteiger partial charge is 0.219 e. The molecule has 3 aromatic rings. The standard InChI is InChI=1S/C21H20N2O2S/c24-26(25,16-17-6-2-1-3-7-17)23-15-12-18-8-4-5-9-20(18)21(23)19-10-13-22-14-11-19/h1-11,13-14,21H,12,15-16H2. The van der Waals surface area contributed by atoms with Gasteiger partial charge in [-0.3, -0.25) is 4.98 Å². The quantitative estimate of drug-likeness (QED) is 0.711. The molecule has 4 nitrogen and oxygen atoms in total. The summed E-state index contributed by atoms with van der Waals surface area (Å²) in [4.78, 5) is 4.08. The molecule has 26 heavy (non-hydrogen) atoms. The van der Waals surface area contributed by atoms with E-state index in [-0.39, 0.29) is 11.8 Å². The molecule has 0 saturated heterocycles. The number of aromatic nitrogens is 1. The van der Waals surface area contributed by atoms with Crippen LogP contribution in [-0.2, 0) is 22.2 Å². The van der Waals surface area contributed by atoms with Gasteiger partial charge in [0.2, 0.25) is 10.0 Å². The lowest BCUT2D eigenvalue weighted by Gasteiger charge is -2.36. The van der Waals surface area contributed by atoms with Gasteiger partial charge >= 0.3 is 0 Å². The topological polar surface area (TPSA) is 50.3 Å². The second kappa shape index (κ2) is 7.02. The summed E-state index contributed by atoms with van der Waals surface area (Å²) < 4.78 is 28.2. The first kappa shape index (κ1) is 16.9.